The zero-order valence-corrected chi connectivity index (χ0v) is 13.2. The average Bonchev–Trinajstić information content (AvgIpc) is 2.37. The van der Waals surface area contributed by atoms with Crippen molar-refractivity contribution in [3.05, 3.63) is 28.2 Å². The van der Waals surface area contributed by atoms with Gasteiger partial charge in [-0.25, -0.2) is 0 Å². The van der Waals surface area contributed by atoms with Crippen LogP contribution in [-0.4, -0.2) is 29.6 Å². The van der Waals surface area contributed by atoms with Crippen LogP contribution in [0.1, 0.15) is 25.3 Å². The van der Waals surface area contributed by atoms with E-state index in [2.05, 4.69) is 26.6 Å². The molecule has 6 heteroatoms. The molecule has 0 aliphatic rings. The lowest BCUT2D eigenvalue weighted by molar-refractivity contribution is -0.139. The summed E-state index contributed by atoms with van der Waals surface area (Å²) in [5.74, 6) is -1.20. The van der Waals surface area contributed by atoms with E-state index in [0.29, 0.717) is 12.1 Å². The van der Waals surface area contributed by atoms with Crippen molar-refractivity contribution in [1.82, 2.24) is 5.32 Å². The molecule has 0 aliphatic carbocycles. The van der Waals surface area contributed by atoms with E-state index in [1.165, 1.54) is 0 Å². The normalized spacial score (nSPS) is 11.9. The van der Waals surface area contributed by atoms with Crippen LogP contribution in [-0.2, 0) is 9.59 Å². The van der Waals surface area contributed by atoms with Gasteiger partial charge in [0.1, 0.15) is 6.04 Å². The van der Waals surface area contributed by atoms with E-state index in [1.807, 2.05) is 26.0 Å². The van der Waals surface area contributed by atoms with Crippen LogP contribution in [0.2, 0.25) is 0 Å². The summed E-state index contributed by atoms with van der Waals surface area (Å²) < 4.78 is 0.800. The van der Waals surface area contributed by atoms with Crippen LogP contribution in [0.3, 0.4) is 0 Å². The molecule has 20 heavy (non-hydrogen) atoms. The Hall–Kier alpha value is -1.40. The molecule has 0 aliphatic heterocycles. The Morgan fingerprint density at radius 2 is 2.10 bits per heavy atom. The van der Waals surface area contributed by atoms with Gasteiger partial charge < -0.3 is 10.4 Å². The van der Waals surface area contributed by atoms with Crippen LogP contribution in [0.25, 0.3) is 0 Å². The zero-order valence-electron chi connectivity index (χ0n) is 11.6. The summed E-state index contributed by atoms with van der Waals surface area (Å²) in [7, 11) is 0. The van der Waals surface area contributed by atoms with E-state index in [1.54, 1.807) is 6.07 Å². The Balaban J connectivity index is 2.53. The molecule has 5 nitrogen and oxygen atoms in total. The van der Waals surface area contributed by atoms with Gasteiger partial charge in [-0.2, -0.15) is 0 Å². The maximum absolute atomic E-state index is 11.8. The fraction of sp³-hybridized carbons (Fsp3) is 0.429. The molecule has 0 saturated heterocycles. The minimum Gasteiger partial charge on any atom is -0.480 e. The summed E-state index contributed by atoms with van der Waals surface area (Å²) in [6, 6.07) is 4.91. The lowest BCUT2D eigenvalue weighted by Gasteiger charge is -2.14. The molecule has 110 valence electrons. The van der Waals surface area contributed by atoms with Crippen LogP contribution in [0, 0.1) is 6.92 Å². The smallest absolute Gasteiger partial charge is 0.320 e. The van der Waals surface area contributed by atoms with Crippen molar-refractivity contribution in [2.24, 2.45) is 0 Å². The number of carboxylic acid groups (broad SMARTS) is 1. The monoisotopic (exact) mass is 342 g/mol. The molecule has 1 aromatic carbocycles. The van der Waals surface area contributed by atoms with Gasteiger partial charge in [0.05, 0.1) is 12.2 Å². The van der Waals surface area contributed by atoms with Crippen LogP contribution in [0.5, 0.6) is 0 Å². The highest BCUT2D eigenvalue weighted by Gasteiger charge is 2.16. The molecule has 0 aromatic heterocycles. The molecule has 0 spiro atoms. The SMILES string of the molecule is CCCC(NCC(=O)Nc1ccc(C)cc1Br)C(=O)O. The Bertz CT molecular complexity index is 491. The molecule has 1 aromatic rings. The first-order valence-electron chi connectivity index (χ1n) is 6.46. The van der Waals surface area contributed by atoms with Gasteiger partial charge in [0, 0.05) is 4.47 Å². The number of anilines is 1. The van der Waals surface area contributed by atoms with E-state index < -0.39 is 12.0 Å². The number of halogens is 1. The molecule has 0 bridgehead atoms. The topological polar surface area (TPSA) is 78.4 Å². The quantitative estimate of drug-likeness (QED) is 0.711. The largest absolute Gasteiger partial charge is 0.480 e. The summed E-state index contributed by atoms with van der Waals surface area (Å²) in [5, 5.41) is 14.5. The van der Waals surface area contributed by atoms with Crippen molar-refractivity contribution in [2.45, 2.75) is 32.7 Å². The number of benzene rings is 1. The van der Waals surface area contributed by atoms with Gasteiger partial charge in [0.2, 0.25) is 5.91 Å². The summed E-state index contributed by atoms with van der Waals surface area (Å²) in [6.07, 6.45) is 1.24. The summed E-state index contributed by atoms with van der Waals surface area (Å²) >= 11 is 3.37. The molecule has 1 amide bonds. The van der Waals surface area contributed by atoms with Crippen molar-refractivity contribution in [3.63, 3.8) is 0 Å². The first-order chi connectivity index (χ1) is 9.43. The summed E-state index contributed by atoms with van der Waals surface area (Å²) in [5.41, 5.74) is 1.76. The highest BCUT2D eigenvalue weighted by molar-refractivity contribution is 9.10. The number of amides is 1. The van der Waals surface area contributed by atoms with Crippen molar-refractivity contribution in [2.75, 3.05) is 11.9 Å². The van der Waals surface area contributed by atoms with Gasteiger partial charge in [-0.05, 0) is 47.0 Å². The van der Waals surface area contributed by atoms with Crippen molar-refractivity contribution in [1.29, 1.82) is 0 Å². The summed E-state index contributed by atoms with van der Waals surface area (Å²) in [4.78, 5) is 22.7. The van der Waals surface area contributed by atoms with Gasteiger partial charge in [-0.15, -0.1) is 0 Å². The number of hydrogen-bond acceptors (Lipinski definition) is 3. The molecule has 1 unspecified atom stereocenters. The predicted molar refractivity (Wildman–Crippen MR) is 81.8 cm³/mol. The fourth-order valence-electron chi connectivity index (χ4n) is 1.73. The highest BCUT2D eigenvalue weighted by atomic mass is 79.9. The molecule has 0 fully saturated rings. The number of carbonyl (C=O) groups is 2. The van der Waals surface area contributed by atoms with E-state index in [0.717, 1.165) is 16.5 Å². The first kappa shape index (κ1) is 16.7. The van der Waals surface area contributed by atoms with Gasteiger partial charge >= 0.3 is 5.97 Å². The molecular weight excluding hydrogens is 324 g/mol. The predicted octanol–water partition coefficient (Wildman–Crippen LogP) is 2.54. The number of aliphatic carboxylic acids is 1. The molecular formula is C14H19BrN2O3. The number of carboxylic acids is 1. The number of aryl methyl sites for hydroxylation is 1. The Kier molecular flexibility index (Phi) is 6.67. The molecule has 1 rings (SSSR count). The highest BCUT2D eigenvalue weighted by Crippen LogP contribution is 2.23. The van der Waals surface area contributed by atoms with Gasteiger partial charge in [-0.3, -0.25) is 14.9 Å². The van der Waals surface area contributed by atoms with E-state index >= 15 is 0 Å². The van der Waals surface area contributed by atoms with E-state index in [4.69, 9.17) is 5.11 Å². The number of rotatable bonds is 7. The number of carbonyl (C=O) groups excluding carboxylic acids is 1. The average molecular weight is 343 g/mol. The molecule has 0 heterocycles. The van der Waals surface area contributed by atoms with Gasteiger partial charge in [0.15, 0.2) is 0 Å². The van der Waals surface area contributed by atoms with Crippen LogP contribution in [0.15, 0.2) is 22.7 Å². The lowest BCUT2D eigenvalue weighted by atomic mass is 10.1. The third-order valence-corrected chi connectivity index (χ3v) is 3.44. The van der Waals surface area contributed by atoms with E-state index in [-0.39, 0.29) is 12.5 Å². The minimum absolute atomic E-state index is 0.0305. The molecule has 3 N–H and O–H groups in total. The van der Waals surface area contributed by atoms with Crippen LogP contribution in [0.4, 0.5) is 5.69 Å². The maximum Gasteiger partial charge on any atom is 0.320 e. The van der Waals surface area contributed by atoms with Crippen molar-refractivity contribution >= 4 is 33.5 Å². The first-order valence-corrected chi connectivity index (χ1v) is 7.25. The number of hydrogen-bond donors (Lipinski definition) is 3. The second-order valence-corrected chi connectivity index (χ2v) is 5.45. The standard InChI is InChI=1S/C14H19BrN2O3/c1-3-4-12(14(19)20)16-8-13(18)17-11-6-5-9(2)7-10(11)15/h5-7,12,16H,3-4,8H2,1-2H3,(H,17,18)(H,19,20). The fourth-order valence-corrected chi connectivity index (χ4v) is 2.33. The molecule has 0 saturated carbocycles. The zero-order chi connectivity index (χ0) is 15.1. The van der Waals surface area contributed by atoms with Gasteiger partial charge in [0.25, 0.3) is 0 Å². The van der Waals surface area contributed by atoms with Crippen molar-refractivity contribution in [3.8, 4) is 0 Å². The molecule has 0 radical (unpaired) electrons. The second kappa shape index (κ2) is 8.01. The Morgan fingerprint density at radius 3 is 2.65 bits per heavy atom. The minimum atomic E-state index is -0.934. The second-order valence-electron chi connectivity index (χ2n) is 4.59. The van der Waals surface area contributed by atoms with E-state index in [9.17, 15) is 9.59 Å². The lowest BCUT2D eigenvalue weighted by Crippen LogP contribution is -2.41. The summed E-state index contributed by atoms with van der Waals surface area (Å²) in [6.45, 7) is 3.83. The van der Waals surface area contributed by atoms with Crippen LogP contribution < -0.4 is 10.6 Å². The Morgan fingerprint density at radius 1 is 1.40 bits per heavy atom. The van der Waals surface area contributed by atoms with Gasteiger partial charge in [-0.1, -0.05) is 19.4 Å². The third-order valence-electron chi connectivity index (χ3n) is 2.78. The number of nitrogens with one attached hydrogen (secondary N) is 2. The third kappa shape index (κ3) is 5.30. The van der Waals surface area contributed by atoms with Crippen LogP contribution >= 0.6 is 15.9 Å². The Labute approximate surface area is 126 Å². The van der Waals surface area contributed by atoms with Crippen molar-refractivity contribution < 1.29 is 14.7 Å². The maximum atomic E-state index is 11.8. The molecule has 1 atom stereocenters.